The van der Waals surface area contributed by atoms with E-state index in [0.717, 1.165) is 11.3 Å². The van der Waals surface area contributed by atoms with Gasteiger partial charge in [0.15, 0.2) is 0 Å². The van der Waals surface area contributed by atoms with Crippen LogP contribution < -0.4 is 11.2 Å². The highest BCUT2D eigenvalue weighted by atomic mass is 16.7. The quantitative estimate of drug-likeness (QED) is 0.554. The van der Waals surface area contributed by atoms with Crippen LogP contribution in [-0.2, 0) is 4.84 Å². The molecule has 2 amide bonds. The van der Waals surface area contributed by atoms with Crippen LogP contribution >= 0.6 is 0 Å². The van der Waals surface area contributed by atoms with Crippen molar-refractivity contribution in [2.24, 2.45) is 5.73 Å². The molecule has 0 fully saturated rings. The second-order valence-electron chi connectivity index (χ2n) is 4.56. The molecule has 20 heavy (non-hydrogen) atoms. The Kier molecular flexibility index (Phi) is 4.73. The van der Waals surface area contributed by atoms with Gasteiger partial charge in [0.05, 0.1) is 18.6 Å². The first-order valence-electron chi connectivity index (χ1n) is 6.39. The number of hydroxylamine groups is 1. The number of nitrogens with two attached hydrogens (primary N) is 1. The van der Waals surface area contributed by atoms with Crippen LogP contribution in [0.2, 0.25) is 0 Å². The lowest BCUT2D eigenvalue weighted by molar-refractivity contribution is 0.0609. The second-order valence-corrected chi connectivity index (χ2v) is 4.56. The number of aromatic nitrogens is 2. The number of hydrogen-bond donors (Lipinski definition) is 3. The molecule has 1 aromatic carbocycles. The summed E-state index contributed by atoms with van der Waals surface area (Å²) in [6.45, 7) is 2.40. The highest BCUT2D eigenvalue weighted by Crippen LogP contribution is 2.26. The molecule has 0 aliphatic heterocycles. The lowest BCUT2D eigenvalue weighted by Crippen LogP contribution is -2.30. The molecule has 4 N–H and O–H groups in total. The summed E-state index contributed by atoms with van der Waals surface area (Å²) in [6.07, 6.45) is 4.21. The highest BCUT2D eigenvalue weighted by Gasteiger charge is 2.16. The standard InChI is InChI=1S/C14H18N4O2/c1-10-2-4-11(5-3-10)12(13-8-16-9-17-13)6-7-20-18-14(15)19/h2-5,8-9,12H,6-7H2,1H3,(H,16,17)(H3,15,18,19). The number of imidazole rings is 1. The summed E-state index contributed by atoms with van der Waals surface area (Å²) >= 11 is 0. The van der Waals surface area contributed by atoms with Crippen LogP contribution in [0.1, 0.15) is 29.2 Å². The Morgan fingerprint density at radius 3 is 2.80 bits per heavy atom. The summed E-state index contributed by atoms with van der Waals surface area (Å²) < 4.78 is 0. The first-order valence-corrected chi connectivity index (χ1v) is 6.39. The van der Waals surface area contributed by atoms with E-state index in [1.54, 1.807) is 6.33 Å². The van der Waals surface area contributed by atoms with E-state index in [0.29, 0.717) is 13.0 Å². The van der Waals surface area contributed by atoms with E-state index in [-0.39, 0.29) is 5.92 Å². The summed E-state index contributed by atoms with van der Waals surface area (Å²) in [5, 5.41) is 0. The van der Waals surface area contributed by atoms with Gasteiger partial charge in [-0.15, -0.1) is 0 Å². The van der Waals surface area contributed by atoms with E-state index in [4.69, 9.17) is 10.6 Å². The number of aryl methyl sites for hydroxylation is 1. The van der Waals surface area contributed by atoms with Gasteiger partial charge in [0, 0.05) is 12.1 Å². The summed E-state index contributed by atoms with van der Waals surface area (Å²) in [5.41, 5.74) is 10.4. The van der Waals surface area contributed by atoms with E-state index < -0.39 is 6.03 Å². The molecule has 6 heteroatoms. The van der Waals surface area contributed by atoms with Crippen molar-refractivity contribution >= 4 is 6.03 Å². The number of carbonyl (C=O) groups excluding carboxylic acids is 1. The monoisotopic (exact) mass is 274 g/mol. The van der Waals surface area contributed by atoms with Gasteiger partial charge in [0.1, 0.15) is 0 Å². The van der Waals surface area contributed by atoms with Crippen LogP contribution in [0.3, 0.4) is 0 Å². The molecular formula is C14H18N4O2. The maximum Gasteiger partial charge on any atom is 0.336 e. The van der Waals surface area contributed by atoms with Crippen molar-refractivity contribution in [2.75, 3.05) is 6.61 Å². The van der Waals surface area contributed by atoms with Crippen molar-refractivity contribution in [3.8, 4) is 0 Å². The van der Waals surface area contributed by atoms with Crippen LogP contribution in [0.25, 0.3) is 0 Å². The number of benzene rings is 1. The summed E-state index contributed by atoms with van der Waals surface area (Å²) in [7, 11) is 0. The minimum absolute atomic E-state index is 0.108. The van der Waals surface area contributed by atoms with Gasteiger partial charge in [0.25, 0.3) is 0 Å². The van der Waals surface area contributed by atoms with E-state index in [9.17, 15) is 4.79 Å². The van der Waals surface area contributed by atoms with Gasteiger partial charge in [-0.25, -0.2) is 15.3 Å². The molecular weight excluding hydrogens is 256 g/mol. The molecule has 0 saturated heterocycles. The predicted molar refractivity (Wildman–Crippen MR) is 74.9 cm³/mol. The molecule has 1 atom stereocenters. The van der Waals surface area contributed by atoms with Gasteiger partial charge in [-0.2, -0.15) is 0 Å². The minimum atomic E-state index is -0.698. The smallest absolute Gasteiger partial charge is 0.336 e. The zero-order valence-electron chi connectivity index (χ0n) is 11.3. The number of urea groups is 1. The van der Waals surface area contributed by atoms with Crippen LogP contribution in [0.15, 0.2) is 36.8 Å². The average molecular weight is 274 g/mol. The fourth-order valence-electron chi connectivity index (χ4n) is 2.05. The molecule has 0 radical (unpaired) electrons. The third-order valence-electron chi connectivity index (χ3n) is 3.04. The second kappa shape index (κ2) is 6.72. The number of rotatable bonds is 6. The number of carbonyl (C=O) groups is 1. The van der Waals surface area contributed by atoms with Gasteiger partial charge >= 0.3 is 6.03 Å². The fourth-order valence-corrected chi connectivity index (χ4v) is 2.05. The SMILES string of the molecule is Cc1ccc(C(CCONC(N)=O)c2c[nH]cn2)cc1. The molecule has 1 heterocycles. The van der Waals surface area contributed by atoms with E-state index in [1.165, 1.54) is 5.56 Å². The van der Waals surface area contributed by atoms with Crippen molar-refractivity contribution < 1.29 is 9.63 Å². The largest absolute Gasteiger partial charge is 0.351 e. The first kappa shape index (κ1) is 14.1. The van der Waals surface area contributed by atoms with Crippen LogP contribution in [0.4, 0.5) is 4.79 Å². The molecule has 1 unspecified atom stereocenters. The highest BCUT2D eigenvalue weighted by molar-refractivity contribution is 5.70. The molecule has 0 saturated carbocycles. The fraction of sp³-hybridized carbons (Fsp3) is 0.286. The summed E-state index contributed by atoms with van der Waals surface area (Å²) in [5.74, 6) is 0.108. The van der Waals surface area contributed by atoms with E-state index in [2.05, 4.69) is 39.7 Å². The van der Waals surface area contributed by atoms with Crippen LogP contribution in [0, 0.1) is 6.92 Å². The Bertz CT molecular complexity index is 537. The lowest BCUT2D eigenvalue weighted by atomic mass is 9.93. The van der Waals surface area contributed by atoms with Gasteiger partial charge < -0.3 is 10.7 Å². The summed E-state index contributed by atoms with van der Waals surface area (Å²) in [4.78, 5) is 22.8. The Morgan fingerprint density at radius 1 is 1.45 bits per heavy atom. The summed E-state index contributed by atoms with van der Waals surface area (Å²) in [6, 6.07) is 7.60. The van der Waals surface area contributed by atoms with Gasteiger partial charge in [-0.05, 0) is 18.9 Å². The normalized spacial score (nSPS) is 12.1. The molecule has 2 rings (SSSR count). The number of nitrogens with zero attached hydrogens (tertiary/aromatic N) is 1. The zero-order chi connectivity index (χ0) is 14.4. The van der Waals surface area contributed by atoms with Crippen molar-refractivity contribution in [3.63, 3.8) is 0 Å². The van der Waals surface area contributed by atoms with Gasteiger partial charge in [-0.1, -0.05) is 29.8 Å². The number of primary amides is 1. The number of aromatic amines is 1. The number of hydrogen-bond acceptors (Lipinski definition) is 3. The van der Waals surface area contributed by atoms with Gasteiger partial charge in [0.2, 0.25) is 0 Å². The van der Waals surface area contributed by atoms with Gasteiger partial charge in [-0.3, -0.25) is 4.84 Å². The maximum atomic E-state index is 10.5. The van der Waals surface area contributed by atoms with E-state index in [1.807, 2.05) is 13.1 Å². The Hall–Kier alpha value is -2.34. The lowest BCUT2D eigenvalue weighted by Gasteiger charge is -2.15. The molecule has 106 valence electrons. The van der Waals surface area contributed by atoms with Crippen molar-refractivity contribution in [1.82, 2.24) is 15.4 Å². The molecule has 1 aromatic heterocycles. The average Bonchev–Trinajstić information content (AvgIpc) is 2.94. The van der Waals surface area contributed by atoms with Crippen LogP contribution in [0.5, 0.6) is 0 Å². The van der Waals surface area contributed by atoms with Crippen molar-refractivity contribution in [3.05, 3.63) is 53.6 Å². The molecule has 0 aliphatic carbocycles. The Morgan fingerprint density at radius 2 is 2.20 bits per heavy atom. The Labute approximate surface area is 117 Å². The Balaban J connectivity index is 2.05. The first-order chi connectivity index (χ1) is 9.66. The molecule has 0 bridgehead atoms. The van der Waals surface area contributed by atoms with Crippen LogP contribution in [-0.4, -0.2) is 22.6 Å². The number of nitrogens with one attached hydrogen (secondary N) is 2. The predicted octanol–water partition coefficient (Wildman–Crippen LogP) is 1.84. The van der Waals surface area contributed by atoms with Crippen molar-refractivity contribution in [2.45, 2.75) is 19.3 Å². The molecule has 2 aromatic rings. The minimum Gasteiger partial charge on any atom is -0.351 e. The van der Waals surface area contributed by atoms with E-state index >= 15 is 0 Å². The van der Waals surface area contributed by atoms with Crippen molar-refractivity contribution in [1.29, 1.82) is 0 Å². The third kappa shape index (κ3) is 3.83. The molecule has 0 aliphatic rings. The zero-order valence-corrected chi connectivity index (χ0v) is 11.3. The maximum absolute atomic E-state index is 10.5. The topological polar surface area (TPSA) is 93.0 Å². The molecule has 0 spiro atoms. The number of amides is 2. The third-order valence-corrected chi connectivity index (χ3v) is 3.04. The molecule has 6 nitrogen and oxygen atoms in total. The number of H-pyrrole nitrogens is 1.